The third kappa shape index (κ3) is 8.70. The number of pyridine rings is 1. The van der Waals surface area contributed by atoms with Gasteiger partial charge in [-0.1, -0.05) is 32.9 Å². The van der Waals surface area contributed by atoms with Crippen LogP contribution < -0.4 is 24.8 Å². The lowest BCUT2D eigenvalue weighted by Crippen LogP contribution is -2.54. The topological polar surface area (TPSA) is 186 Å². The molecule has 5 atom stereocenters. The Bertz CT molecular complexity index is 2180. The summed E-state index contributed by atoms with van der Waals surface area (Å²) in [7, 11) is -0.542. The van der Waals surface area contributed by atoms with Gasteiger partial charge in [0.05, 0.1) is 35.4 Å². The predicted molar refractivity (Wildman–Crippen MR) is 212 cm³/mol. The summed E-state index contributed by atoms with van der Waals surface area (Å²) in [5, 5.41) is 8.17. The summed E-state index contributed by atoms with van der Waals surface area (Å²) in [4.78, 5) is 65.8. The molecule has 4 aliphatic rings. The van der Waals surface area contributed by atoms with Crippen LogP contribution in [0.2, 0.25) is 0 Å². The molecule has 16 heteroatoms. The lowest BCUT2D eigenvalue weighted by Gasteiger charge is -2.26. The Kier molecular flexibility index (Phi) is 10.9. The van der Waals surface area contributed by atoms with Gasteiger partial charge in [-0.25, -0.2) is 18.4 Å². The highest BCUT2D eigenvalue weighted by molar-refractivity contribution is 7.91. The maximum absolute atomic E-state index is 14.3. The molecule has 3 saturated carbocycles. The van der Waals surface area contributed by atoms with Crippen molar-refractivity contribution in [3.05, 3.63) is 41.8 Å². The second-order valence-electron chi connectivity index (χ2n) is 16.8. The fourth-order valence-corrected chi connectivity index (χ4v) is 9.78. The highest BCUT2D eigenvalue weighted by Gasteiger charge is 2.62. The molecule has 56 heavy (non-hydrogen) atoms. The summed E-state index contributed by atoms with van der Waals surface area (Å²) in [6.07, 6.45) is 7.64. The number of carbonyl (C=O) groups excluding carboxylic acids is 4. The van der Waals surface area contributed by atoms with E-state index >= 15 is 0 Å². The van der Waals surface area contributed by atoms with Gasteiger partial charge in [0.25, 0.3) is 5.91 Å². The second-order valence-corrected chi connectivity index (χ2v) is 19.6. The summed E-state index contributed by atoms with van der Waals surface area (Å²) in [6.45, 7) is 6.51. The number of sulfonamides is 1. The number of nitrogens with zero attached hydrogens (tertiary/aromatic N) is 3. The van der Waals surface area contributed by atoms with Crippen LogP contribution in [-0.4, -0.2) is 84.5 Å². The highest BCUT2D eigenvalue weighted by atomic mass is 32.2. The average Bonchev–Trinajstić information content (AvgIpc) is 4.02. The van der Waals surface area contributed by atoms with Crippen molar-refractivity contribution in [1.82, 2.24) is 24.9 Å². The summed E-state index contributed by atoms with van der Waals surface area (Å²) >= 11 is 1.29. The first-order valence-corrected chi connectivity index (χ1v) is 21.7. The molecule has 3 heterocycles. The van der Waals surface area contributed by atoms with Crippen molar-refractivity contribution < 1.29 is 37.1 Å². The van der Waals surface area contributed by atoms with Crippen molar-refractivity contribution in [2.75, 3.05) is 26.0 Å². The van der Waals surface area contributed by atoms with Crippen LogP contribution in [0, 0.1) is 23.2 Å². The van der Waals surface area contributed by atoms with Crippen LogP contribution in [0.3, 0.4) is 0 Å². The van der Waals surface area contributed by atoms with Crippen molar-refractivity contribution >= 4 is 61.0 Å². The van der Waals surface area contributed by atoms with Gasteiger partial charge in [-0.05, 0) is 68.9 Å². The molecule has 0 bridgehead atoms. The van der Waals surface area contributed by atoms with Crippen LogP contribution in [-0.2, 0) is 29.2 Å². The maximum atomic E-state index is 14.3. The molecule has 4 amide bonds. The Morgan fingerprint density at radius 3 is 2.57 bits per heavy atom. The first-order valence-electron chi connectivity index (χ1n) is 19.3. The molecule has 7 rings (SSSR count). The molecule has 2 aromatic heterocycles. The quantitative estimate of drug-likeness (QED) is 0.243. The molecule has 0 saturated heterocycles. The average molecular weight is 807 g/mol. The van der Waals surface area contributed by atoms with Crippen molar-refractivity contribution in [3.8, 4) is 22.9 Å². The predicted octanol–water partition coefficient (Wildman–Crippen LogP) is 5.20. The summed E-state index contributed by atoms with van der Waals surface area (Å²) in [5.74, 6) is -2.41. The molecule has 3 fully saturated rings. The molecule has 3 aromatic rings. The van der Waals surface area contributed by atoms with Gasteiger partial charge in [-0.2, -0.15) is 0 Å². The van der Waals surface area contributed by atoms with E-state index in [1.54, 1.807) is 37.3 Å². The van der Waals surface area contributed by atoms with Crippen molar-refractivity contribution in [2.24, 2.45) is 23.2 Å². The van der Waals surface area contributed by atoms with E-state index in [4.69, 9.17) is 14.5 Å². The molecule has 300 valence electrons. The molecule has 0 radical (unpaired) electrons. The van der Waals surface area contributed by atoms with Crippen LogP contribution in [0.1, 0.15) is 78.6 Å². The van der Waals surface area contributed by atoms with E-state index in [1.165, 1.54) is 11.3 Å². The summed E-state index contributed by atoms with van der Waals surface area (Å²) < 4.78 is 40.1. The standard InChI is InChI=1S/C40H50N6O8S2/c1-39(2,3)21-34(47)43-38-42-32(22-55-38)31-19-33(27-14-11-24(53-5)18-30(27)41-31)54-25-16-28-29(17-25)36(49)46(4)15-9-7-6-8-10-23-20-40(23,44-35(28)48)37(50)45-56(51,52)26-12-13-26/h8,10-11,14,18-19,22-23,25-26,28-29H,6-7,9,12-13,15-17,20-21H2,1-5H3,(H,44,48)(H,45,50)(H,42,43,47)/b10-8-. The van der Waals surface area contributed by atoms with Crippen LogP contribution in [0.25, 0.3) is 22.3 Å². The lowest BCUT2D eigenvalue weighted by molar-refractivity contribution is -0.140. The van der Waals surface area contributed by atoms with E-state index in [9.17, 15) is 27.6 Å². The fourth-order valence-electron chi connectivity index (χ4n) is 7.70. The smallest absolute Gasteiger partial charge is 0.259 e. The second kappa shape index (κ2) is 15.4. The third-order valence-corrected chi connectivity index (χ3v) is 13.5. The number of methoxy groups -OCH3 is 1. The number of ether oxygens (including phenoxy) is 2. The molecule has 3 aliphatic carbocycles. The Morgan fingerprint density at radius 2 is 1.84 bits per heavy atom. The minimum Gasteiger partial charge on any atom is -0.497 e. The number of nitrogens with one attached hydrogen (secondary N) is 3. The van der Waals surface area contributed by atoms with E-state index < -0.39 is 50.6 Å². The van der Waals surface area contributed by atoms with E-state index in [0.717, 1.165) is 19.3 Å². The van der Waals surface area contributed by atoms with Gasteiger partial charge in [0.2, 0.25) is 27.7 Å². The fraction of sp³-hybridized carbons (Fsp3) is 0.550. The summed E-state index contributed by atoms with van der Waals surface area (Å²) in [6, 6.07) is 7.21. The highest BCUT2D eigenvalue weighted by Crippen LogP contribution is 2.47. The number of benzene rings is 1. The normalized spacial score (nSPS) is 26.3. The Hall–Kier alpha value is -4.57. The van der Waals surface area contributed by atoms with E-state index in [0.29, 0.717) is 64.7 Å². The molecule has 0 spiro atoms. The Balaban J connectivity index is 1.17. The van der Waals surface area contributed by atoms with E-state index in [-0.39, 0.29) is 42.4 Å². The minimum atomic E-state index is -3.85. The number of rotatable bonds is 9. The minimum absolute atomic E-state index is 0.135. The number of fused-ring (bicyclic) bond motifs is 3. The van der Waals surface area contributed by atoms with E-state index in [1.807, 2.05) is 44.4 Å². The lowest BCUT2D eigenvalue weighted by atomic mass is 9.92. The van der Waals surface area contributed by atoms with Crippen molar-refractivity contribution in [1.29, 1.82) is 0 Å². The Labute approximate surface area is 331 Å². The van der Waals surface area contributed by atoms with Crippen molar-refractivity contribution in [2.45, 2.75) is 95.5 Å². The zero-order valence-corrected chi connectivity index (χ0v) is 34.1. The number of hydrogen-bond acceptors (Lipinski definition) is 11. The molecule has 14 nitrogen and oxygen atoms in total. The first kappa shape index (κ1) is 39.7. The van der Waals surface area contributed by atoms with Gasteiger partial charge >= 0.3 is 0 Å². The molecule has 1 aliphatic heterocycles. The zero-order valence-electron chi connectivity index (χ0n) is 32.4. The van der Waals surface area contributed by atoms with Gasteiger partial charge in [-0.15, -0.1) is 11.3 Å². The number of allylic oxidation sites excluding steroid dienone is 1. The largest absolute Gasteiger partial charge is 0.497 e. The number of hydrogen-bond donors (Lipinski definition) is 3. The van der Waals surface area contributed by atoms with Crippen LogP contribution in [0.15, 0.2) is 41.8 Å². The molecular weight excluding hydrogens is 757 g/mol. The van der Waals surface area contributed by atoms with Gasteiger partial charge in [0.1, 0.15) is 28.8 Å². The maximum Gasteiger partial charge on any atom is 0.259 e. The Morgan fingerprint density at radius 1 is 1.07 bits per heavy atom. The molecule has 3 N–H and O–H groups in total. The van der Waals surface area contributed by atoms with Crippen LogP contribution >= 0.6 is 11.3 Å². The molecular formula is C40H50N6O8S2. The number of aromatic nitrogens is 2. The monoisotopic (exact) mass is 806 g/mol. The van der Waals surface area contributed by atoms with Crippen LogP contribution in [0.5, 0.6) is 11.5 Å². The van der Waals surface area contributed by atoms with Gasteiger partial charge < -0.3 is 25.0 Å². The zero-order chi connectivity index (χ0) is 40.0. The first-order chi connectivity index (χ1) is 26.5. The van der Waals surface area contributed by atoms with Gasteiger partial charge in [0, 0.05) is 48.8 Å². The van der Waals surface area contributed by atoms with Gasteiger partial charge in [-0.3, -0.25) is 23.9 Å². The van der Waals surface area contributed by atoms with Crippen LogP contribution in [0.4, 0.5) is 5.13 Å². The number of thiazole rings is 1. The van der Waals surface area contributed by atoms with E-state index in [2.05, 4.69) is 20.3 Å². The number of amides is 4. The SMILES string of the molecule is COc1ccc2c(OC3CC4C(=O)NC5(C(=O)NS(=O)(=O)C6CC6)CC5/C=C\CCCCN(C)C(=O)C4C3)cc(-c3csc(NC(=O)CC(C)(C)C)n3)nc2c1. The number of anilines is 1. The van der Waals surface area contributed by atoms with Crippen molar-refractivity contribution in [3.63, 3.8) is 0 Å². The third-order valence-electron chi connectivity index (χ3n) is 11.0. The number of carbonyl (C=O) groups is 4. The summed E-state index contributed by atoms with van der Waals surface area (Å²) in [5.41, 5.74) is 0.00244. The molecule has 5 unspecified atom stereocenters. The van der Waals surface area contributed by atoms with Gasteiger partial charge in [0.15, 0.2) is 5.13 Å². The molecule has 1 aromatic carbocycles.